The van der Waals surface area contributed by atoms with Crippen molar-refractivity contribution in [1.29, 1.82) is 0 Å². The Morgan fingerprint density at radius 3 is 2.64 bits per heavy atom. The number of ether oxygens (including phenoxy) is 1. The van der Waals surface area contributed by atoms with Gasteiger partial charge in [-0.05, 0) is 43.9 Å². The van der Waals surface area contributed by atoms with E-state index in [1.807, 2.05) is 56.6 Å². The second-order valence-electron chi connectivity index (χ2n) is 6.12. The van der Waals surface area contributed by atoms with Crippen molar-refractivity contribution in [3.05, 3.63) is 59.9 Å². The highest BCUT2D eigenvalue weighted by atomic mass is 16.5. The molecular formula is C19H26N4O2. The number of carbonyl (C=O) groups excluding carboxylic acids is 1. The van der Waals surface area contributed by atoms with Crippen LogP contribution in [0.3, 0.4) is 0 Å². The molecule has 2 aromatic rings. The number of likely N-dealkylation sites (N-methyl/N-ethyl adjacent to an activating group) is 1. The Balaban J connectivity index is 1.97. The predicted octanol–water partition coefficient (Wildman–Crippen LogP) is 2.53. The van der Waals surface area contributed by atoms with Gasteiger partial charge in [0.05, 0.1) is 25.4 Å². The molecule has 0 radical (unpaired) electrons. The van der Waals surface area contributed by atoms with Crippen LogP contribution in [0.1, 0.15) is 17.3 Å². The van der Waals surface area contributed by atoms with E-state index in [1.165, 1.54) is 0 Å². The maximum absolute atomic E-state index is 12.4. The lowest BCUT2D eigenvalue weighted by Crippen LogP contribution is -2.41. The van der Waals surface area contributed by atoms with Crippen LogP contribution in [0.25, 0.3) is 0 Å². The second-order valence-corrected chi connectivity index (χ2v) is 6.12. The first kappa shape index (κ1) is 18.7. The van der Waals surface area contributed by atoms with Gasteiger partial charge < -0.3 is 19.9 Å². The van der Waals surface area contributed by atoms with Gasteiger partial charge in [-0.2, -0.15) is 0 Å². The Bertz CT molecular complexity index is 676. The minimum atomic E-state index is -0.125. The van der Waals surface area contributed by atoms with Crippen molar-refractivity contribution in [3.8, 4) is 5.75 Å². The molecule has 0 aliphatic rings. The summed E-state index contributed by atoms with van der Waals surface area (Å²) in [5.74, 6) is 0.808. The summed E-state index contributed by atoms with van der Waals surface area (Å²) in [7, 11) is 7.40. The molecule has 6 heteroatoms. The number of hydrogen-bond donors (Lipinski definition) is 1. The highest BCUT2D eigenvalue weighted by Gasteiger charge is 2.17. The van der Waals surface area contributed by atoms with Crippen molar-refractivity contribution in [2.75, 3.05) is 34.8 Å². The van der Waals surface area contributed by atoms with Crippen LogP contribution in [0.5, 0.6) is 5.75 Å². The van der Waals surface area contributed by atoms with Gasteiger partial charge >= 0.3 is 6.03 Å². The van der Waals surface area contributed by atoms with Crippen LogP contribution in [0.4, 0.5) is 4.79 Å². The molecule has 1 aromatic heterocycles. The molecule has 1 N–H and O–H groups in total. The van der Waals surface area contributed by atoms with Crippen LogP contribution in [0.15, 0.2) is 48.7 Å². The summed E-state index contributed by atoms with van der Waals surface area (Å²) >= 11 is 0. The molecule has 25 heavy (non-hydrogen) atoms. The number of carbonyl (C=O) groups is 1. The summed E-state index contributed by atoms with van der Waals surface area (Å²) in [5.41, 5.74) is 1.95. The molecule has 1 heterocycles. The second kappa shape index (κ2) is 9.03. The van der Waals surface area contributed by atoms with E-state index >= 15 is 0 Å². The van der Waals surface area contributed by atoms with Crippen LogP contribution >= 0.6 is 0 Å². The van der Waals surface area contributed by atoms with Crippen molar-refractivity contribution in [3.63, 3.8) is 0 Å². The lowest BCUT2D eigenvalue weighted by Gasteiger charge is -2.27. The third kappa shape index (κ3) is 5.46. The third-order valence-corrected chi connectivity index (χ3v) is 4.02. The van der Waals surface area contributed by atoms with Crippen molar-refractivity contribution in [1.82, 2.24) is 20.1 Å². The Hall–Kier alpha value is -2.60. The first-order chi connectivity index (χ1) is 12.0. The highest BCUT2D eigenvalue weighted by Crippen LogP contribution is 2.22. The molecule has 0 fully saturated rings. The first-order valence-corrected chi connectivity index (χ1v) is 8.20. The van der Waals surface area contributed by atoms with Gasteiger partial charge in [-0.25, -0.2) is 4.79 Å². The normalized spacial score (nSPS) is 11.9. The smallest absolute Gasteiger partial charge is 0.317 e. The summed E-state index contributed by atoms with van der Waals surface area (Å²) in [4.78, 5) is 20.3. The van der Waals surface area contributed by atoms with E-state index in [0.717, 1.165) is 17.0 Å². The molecule has 1 atom stereocenters. The number of urea groups is 1. The predicted molar refractivity (Wildman–Crippen MR) is 98.5 cm³/mol. The number of benzene rings is 1. The fraction of sp³-hybridized carbons (Fsp3) is 0.368. The van der Waals surface area contributed by atoms with E-state index in [4.69, 9.17) is 4.74 Å². The molecule has 0 saturated carbocycles. The molecule has 0 aliphatic carbocycles. The summed E-state index contributed by atoms with van der Waals surface area (Å²) in [5, 5.41) is 3.00. The topological polar surface area (TPSA) is 57.7 Å². The molecule has 0 spiro atoms. The number of nitrogens with zero attached hydrogens (tertiary/aromatic N) is 3. The average molecular weight is 342 g/mol. The number of aromatic nitrogens is 1. The van der Waals surface area contributed by atoms with Crippen LogP contribution in [0, 0.1) is 0 Å². The maximum Gasteiger partial charge on any atom is 0.317 e. The number of methoxy groups -OCH3 is 1. The third-order valence-electron chi connectivity index (χ3n) is 4.02. The van der Waals surface area contributed by atoms with Gasteiger partial charge in [0.25, 0.3) is 0 Å². The fourth-order valence-corrected chi connectivity index (χ4v) is 2.57. The van der Waals surface area contributed by atoms with E-state index in [9.17, 15) is 4.79 Å². The lowest BCUT2D eigenvalue weighted by molar-refractivity contribution is 0.200. The van der Waals surface area contributed by atoms with Gasteiger partial charge in [-0.1, -0.05) is 18.2 Å². The average Bonchev–Trinajstić information content (AvgIpc) is 2.62. The zero-order chi connectivity index (χ0) is 18.2. The standard InChI is InChI=1S/C19H26N4O2/c1-22(2)18(15-8-7-10-17(12-15)25-4)13-21-19(24)23(3)14-16-9-5-6-11-20-16/h5-12,18H,13-14H2,1-4H3,(H,21,24). The molecule has 1 unspecified atom stereocenters. The quantitative estimate of drug-likeness (QED) is 0.840. The van der Waals surface area contributed by atoms with E-state index < -0.39 is 0 Å². The zero-order valence-corrected chi connectivity index (χ0v) is 15.3. The SMILES string of the molecule is COc1cccc(C(CNC(=O)N(C)Cc2ccccn2)N(C)C)c1. The molecule has 134 valence electrons. The summed E-state index contributed by atoms with van der Waals surface area (Å²) in [6.45, 7) is 0.976. The van der Waals surface area contributed by atoms with Gasteiger partial charge in [0.15, 0.2) is 0 Å². The Kier molecular flexibility index (Phi) is 6.77. The zero-order valence-electron chi connectivity index (χ0n) is 15.3. The van der Waals surface area contributed by atoms with E-state index in [1.54, 1.807) is 25.3 Å². The fourth-order valence-electron chi connectivity index (χ4n) is 2.57. The summed E-state index contributed by atoms with van der Waals surface area (Å²) in [6.07, 6.45) is 1.73. The van der Waals surface area contributed by atoms with Crippen molar-refractivity contribution >= 4 is 6.03 Å². The van der Waals surface area contributed by atoms with Gasteiger partial charge in [0.1, 0.15) is 5.75 Å². The molecule has 2 rings (SSSR count). The van der Waals surface area contributed by atoms with Gasteiger partial charge in [0, 0.05) is 19.8 Å². The number of pyridine rings is 1. The summed E-state index contributed by atoms with van der Waals surface area (Å²) < 4.78 is 5.29. The molecule has 6 nitrogen and oxygen atoms in total. The van der Waals surface area contributed by atoms with Gasteiger partial charge in [-0.3, -0.25) is 4.98 Å². The minimum Gasteiger partial charge on any atom is -0.497 e. The van der Waals surface area contributed by atoms with Crippen molar-refractivity contribution in [2.24, 2.45) is 0 Å². The maximum atomic E-state index is 12.4. The Morgan fingerprint density at radius 2 is 2.00 bits per heavy atom. The van der Waals surface area contributed by atoms with Crippen LogP contribution in [-0.4, -0.2) is 55.6 Å². The molecule has 0 aliphatic heterocycles. The number of amides is 2. The monoisotopic (exact) mass is 342 g/mol. The van der Waals surface area contributed by atoms with E-state index in [2.05, 4.69) is 15.2 Å². The largest absolute Gasteiger partial charge is 0.497 e. The molecular weight excluding hydrogens is 316 g/mol. The molecule has 1 aromatic carbocycles. The van der Waals surface area contributed by atoms with Crippen LogP contribution in [-0.2, 0) is 6.54 Å². The molecule has 0 bridgehead atoms. The molecule has 2 amide bonds. The number of hydrogen-bond acceptors (Lipinski definition) is 4. The van der Waals surface area contributed by atoms with Crippen LogP contribution in [0.2, 0.25) is 0 Å². The van der Waals surface area contributed by atoms with Gasteiger partial charge in [-0.15, -0.1) is 0 Å². The van der Waals surface area contributed by atoms with Crippen molar-refractivity contribution in [2.45, 2.75) is 12.6 Å². The van der Waals surface area contributed by atoms with E-state index in [-0.39, 0.29) is 12.1 Å². The lowest BCUT2D eigenvalue weighted by atomic mass is 10.1. The molecule has 0 saturated heterocycles. The first-order valence-electron chi connectivity index (χ1n) is 8.20. The Morgan fingerprint density at radius 1 is 1.20 bits per heavy atom. The summed E-state index contributed by atoms with van der Waals surface area (Å²) in [6, 6.07) is 13.5. The van der Waals surface area contributed by atoms with E-state index in [0.29, 0.717) is 13.1 Å². The number of nitrogens with one attached hydrogen (secondary N) is 1. The van der Waals surface area contributed by atoms with Gasteiger partial charge in [0.2, 0.25) is 0 Å². The highest BCUT2D eigenvalue weighted by molar-refractivity contribution is 5.73. The number of rotatable bonds is 7. The minimum absolute atomic E-state index is 0.0577. The van der Waals surface area contributed by atoms with Crippen molar-refractivity contribution < 1.29 is 9.53 Å². The van der Waals surface area contributed by atoms with Crippen LogP contribution < -0.4 is 10.1 Å². The Labute approximate surface area is 149 Å².